The van der Waals surface area contributed by atoms with E-state index in [0.29, 0.717) is 0 Å². The van der Waals surface area contributed by atoms with Crippen LogP contribution >= 0.6 is 0 Å². The second kappa shape index (κ2) is 5.31. The second-order valence-corrected chi connectivity index (χ2v) is 5.87. The zero-order valence-corrected chi connectivity index (χ0v) is 11.4. The van der Waals surface area contributed by atoms with E-state index in [4.69, 9.17) is 0 Å². The van der Waals surface area contributed by atoms with Crippen molar-refractivity contribution in [3.63, 3.8) is 0 Å². The number of nitrogens with zero attached hydrogens (tertiary/aromatic N) is 1. The standard InChI is InChI=1S/C16H24N2/c1-18(15-4-2-3-5-15)16-10-6-13(7-11-16)12-17-14-8-9-14/h6-7,10-11,14-15,17H,2-5,8-9,12H2,1H3. The highest BCUT2D eigenvalue weighted by molar-refractivity contribution is 5.48. The van der Waals surface area contributed by atoms with Gasteiger partial charge in [-0.3, -0.25) is 0 Å². The van der Waals surface area contributed by atoms with Crippen molar-refractivity contribution >= 4 is 5.69 Å². The van der Waals surface area contributed by atoms with Gasteiger partial charge in [-0.1, -0.05) is 25.0 Å². The topological polar surface area (TPSA) is 15.3 Å². The van der Waals surface area contributed by atoms with Crippen molar-refractivity contribution in [2.75, 3.05) is 11.9 Å². The summed E-state index contributed by atoms with van der Waals surface area (Å²) in [5.74, 6) is 0. The second-order valence-electron chi connectivity index (χ2n) is 5.87. The van der Waals surface area contributed by atoms with Crippen LogP contribution in [0.5, 0.6) is 0 Å². The summed E-state index contributed by atoms with van der Waals surface area (Å²) in [4.78, 5) is 2.46. The van der Waals surface area contributed by atoms with Gasteiger partial charge in [-0.25, -0.2) is 0 Å². The summed E-state index contributed by atoms with van der Waals surface area (Å²) in [5.41, 5.74) is 2.78. The normalized spacial score (nSPS) is 20.3. The summed E-state index contributed by atoms with van der Waals surface area (Å²) in [6.45, 7) is 1.03. The van der Waals surface area contributed by atoms with Crippen molar-refractivity contribution in [2.24, 2.45) is 0 Å². The summed E-state index contributed by atoms with van der Waals surface area (Å²) in [7, 11) is 2.24. The van der Waals surface area contributed by atoms with Crippen LogP contribution in [-0.2, 0) is 6.54 Å². The van der Waals surface area contributed by atoms with Crippen LogP contribution in [0.15, 0.2) is 24.3 Å². The summed E-state index contributed by atoms with van der Waals surface area (Å²) >= 11 is 0. The molecule has 0 heterocycles. The third kappa shape index (κ3) is 2.86. The first kappa shape index (κ1) is 12.0. The fourth-order valence-electron chi connectivity index (χ4n) is 2.90. The largest absolute Gasteiger partial charge is 0.372 e. The molecule has 2 heteroatoms. The molecule has 0 atom stereocenters. The third-order valence-corrected chi connectivity index (χ3v) is 4.39. The van der Waals surface area contributed by atoms with E-state index in [2.05, 4.69) is 41.5 Å². The fourth-order valence-corrected chi connectivity index (χ4v) is 2.90. The van der Waals surface area contributed by atoms with Gasteiger partial charge in [0.25, 0.3) is 0 Å². The van der Waals surface area contributed by atoms with E-state index >= 15 is 0 Å². The minimum absolute atomic E-state index is 0.764. The summed E-state index contributed by atoms with van der Waals surface area (Å²) in [6, 6.07) is 10.7. The summed E-state index contributed by atoms with van der Waals surface area (Å²) in [6.07, 6.45) is 8.25. The average Bonchev–Trinajstić information content (AvgIpc) is 3.08. The van der Waals surface area contributed by atoms with E-state index < -0.39 is 0 Å². The van der Waals surface area contributed by atoms with Crippen LogP contribution < -0.4 is 10.2 Å². The Balaban J connectivity index is 1.58. The Morgan fingerprint density at radius 3 is 2.33 bits per heavy atom. The molecule has 0 amide bonds. The van der Waals surface area contributed by atoms with Crippen LogP contribution in [0.25, 0.3) is 0 Å². The molecule has 0 aromatic heterocycles. The third-order valence-electron chi connectivity index (χ3n) is 4.39. The molecular formula is C16H24N2. The molecule has 0 saturated heterocycles. The van der Waals surface area contributed by atoms with Gasteiger partial charge in [0.05, 0.1) is 0 Å². The van der Waals surface area contributed by atoms with Gasteiger partial charge in [-0.2, -0.15) is 0 Å². The molecule has 2 nitrogen and oxygen atoms in total. The maximum atomic E-state index is 3.56. The number of hydrogen-bond acceptors (Lipinski definition) is 2. The van der Waals surface area contributed by atoms with Crippen molar-refractivity contribution in [3.8, 4) is 0 Å². The average molecular weight is 244 g/mol. The number of benzene rings is 1. The molecule has 0 spiro atoms. The number of hydrogen-bond donors (Lipinski definition) is 1. The van der Waals surface area contributed by atoms with Gasteiger partial charge in [0.2, 0.25) is 0 Å². The van der Waals surface area contributed by atoms with Gasteiger partial charge in [-0.15, -0.1) is 0 Å². The Kier molecular flexibility index (Phi) is 3.55. The van der Waals surface area contributed by atoms with Crippen molar-refractivity contribution < 1.29 is 0 Å². The van der Waals surface area contributed by atoms with Crippen LogP contribution in [0.2, 0.25) is 0 Å². The molecule has 0 unspecified atom stereocenters. The molecule has 2 fully saturated rings. The quantitative estimate of drug-likeness (QED) is 0.855. The highest BCUT2D eigenvalue weighted by Gasteiger charge is 2.21. The Labute approximate surface area is 110 Å². The van der Waals surface area contributed by atoms with E-state index in [-0.39, 0.29) is 0 Å². The number of nitrogens with one attached hydrogen (secondary N) is 1. The monoisotopic (exact) mass is 244 g/mol. The van der Waals surface area contributed by atoms with E-state index in [9.17, 15) is 0 Å². The predicted octanol–water partition coefficient (Wildman–Crippen LogP) is 3.32. The SMILES string of the molecule is CN(c1ccc(CNC2CC2)cc1)C1CCCC1. The van der Waals surface area contributed by atoms with Gasteiger partial charge < -0.3 is 10.2 Å². The first-order valence-corrected chi connectivity index (χ1v) is 7.38. The van der Waals surface area contributed by atoms with Crippen molar-refractivity contribution in [3.05, 3.63) is 29.8 Å². The van der Waals surface area contributed by atoms with Crippen molar-refractivity contribution in [1.82, 2.24) is 5.32 Å². The number of rotatable bonds is 5. The molecule has 1 N–H and O–H groups in total. The minimum Gasteiger partial charge on any atom is -0.372 e. The lowest BCUT2D eigenvalue weighted by atomic mass is 10.1. The number of anilines is 1. The van der Waals surface area contributed by atoms with Crippen LogP contribution in [0.4, 0.5) is 5.69 Å². The fraction of sp³-hybridized carbons (Fsp3) is 0.625. The lowest BCUT2D eigenvalue weighted by molar-refractivity contribution is 0.652. The maximum absolute atomic E-state index is 3.56. The zero-order chi connectivity index (χ0) is 12.4. The summed E-state index contributed by atoms with van der Waals surface area (Å²) in [5, 5.41) is 3.56. The molecule has 2 saturated carbocycles. The lowest BCUT2D eigenvalue weighted by Gasteiger charge is -2.26. The molecule has 3 rings (SSSR count). The van der Waals surface area contributed by atoms with Gasteiger partial charge in [0.15, 0.2) is 0 Å². The molecule has 0 bridgehead atoms. The molecule has 0 radical (unpaired) electrons. The van der Waals surface area contributed by atoms with Crippen LogP contribution in [0.1, 0.15) is 44.1 Å². The predicted molar refractivity (Wildman–Crippen MR) is 77.0 cm³/mol. The highest BCUT2D eigenvalue weighted by atomic mass is 15.1. The van der Waals surface area contributed by atoms with Crippen molar-refractivity contribution in [1.29, 1.82) is 0 Å². The minimum atomic E-state index is 0.764. The van der Waals surface area contributed by atoms with Gasteiger partial charge in [0.1, 0.15) is 0 Å². The molecular weight excluding hydrogens is 220 g/mol. The Bertz CT molecular complexity index is 375. The van der Waals surface area contributed by atoms with E-state index in [1.54, 1.807) is 0 Å². The van der Waals surface area contributed by atoms with E-state index in [0.717, 1.165) is 18.6 Å². The Morgan fingerprint density at radius 1 is 1.06 bits per heavy atom. The molecule has 18 heavy (non-hydrogen) atoms. The lowest BCUT2D eigenvalue weighted by Crippen LogP contribution is -2.28. The van der Waals surface area contributed by atoms with Crippen LogP contribution in [-0.4, -0.2) is 19.1 Å². The zero-order valence-electron chi connectivity index (χ0n) is 11.4. The van der Waals surface area contributed by atoms with E-state index in [1.165, 1.54) is 49.8 Å². The van der Waals surface area contributed by atoms with Gasteiger partial charge >= 0.3 is 0 Å². The Morgan fingerprint density at radius 2 is 1.72 bits per heavy atom. The molecule has 2 aliphatic rings. The molecule has 1 aromatic rings. The van der Waals surface area contributed by atoms with E-state index in [1.807, 2.05) is 0 Å². The smallest absolute Gasteiger partial charge is 0.0366 e. The van der Waals surface area contributed by atoms with Crippen LogP contribution in [0.3, 0.4) is 0 Å². The highest BCUT2D eigenvalue weighted by Crippen LogP contribution is 2.27. The van der Waals surface area contributed by atoms with Gasteiger partial charge in [-0.05, 0) is 43.4 Å². The van der Waals surface area contributed by atoms with Crippen molar-refractivity contribution in [2.45, 2.75) is 57.2 Å². The summed E-state index contributed by atoms with van der Waals surface area (Å²) < 4.78 is 0. The molecule has 1 aromatic carbocycles. The first-order chi connectivity index (χ1) is 8.83. The molecule has 2 aliphatic carbocycles. The molecule has 0 aliphatic heterocycles. The Hall–Kier alpha value is -1.02. The van der Waals surface area contributed by atoms with Crippen LogP contribution in [0, 0.1) is 0 Å². The van der Waals surface area contributed by atoms with Gasteiger partial charge in [0, 0.05) is 31.4 Å². The molecule has 98 valence electrons. The maximum Gasteiger partial charge on any atom is 0.0366 e. The first-order valence-electron chi connectivity index (χ1n) is 7.38.